The smallest absolute Gasteiger partial charge is 0.317 e. The van der Waals surface area contributed by atoms with E-state index in [0.717, 1.165) is 25.7 Å². The first-order valence-corrected chi connectivity index (χ1v) is 8.44. The minimum Gasteiger partial charge on any atom is -0.317 e. The summed E-state index contributed by atoms with van der Waals surface area (Å²) in [6.07, 6.45) is 5.27. The third-order valence-electron chi connectivity index (χ3n) is 5.76. The van der Waals surface area contributed by atoms with Crippen LogP contribution in [0.1, 0.15) is 37.7 Å². The van der Waals surface area contributed by atoms with Crippen molar-refractivity contribution in [3.8, 4) is 0 Å². The molecule has 5 heteroatoms. The first-order valence-electron chi connectivity index (χ1n) is 8.44. The highest BCUT2D eigenvalue weighted by Crippen LogP contribution is 2.48. The second kappa shape index (κ2) is 6.40. The molecule has 1 aromatic carbocycles. The fraction of sp³-hybridized carbons (Fsp3) is 0.611. The van der Waals surface area contributed by atoms with Gasteiger partial charge in [-0.05, 0) is 51.3 Å². The Morgan fingerprint density at radius 3 is 2.35 bits per heavy atom. The average Bonchev–Trinajstić information content (AvgIpc) is 2.47. The Bertz CT molecular complexity index is 563. The van der Waals surface area contributed by atoms with E-state index in [-0.39, 0.29) is 11.6 Å². The van der Waals surface area contributed by atoms with Gasteiger partial charge in [-0.3, -0.25) is 4.90 Å². The second-order valence-corrected chi connectivity index (χ2v) is 7.18. The highest BCUT2D eigenvalue weighted by molar-refractivity contribution is 5.75. The van der Waals surface area contributed by atoms with Crippen molar-refractivity contribution in [3.63, 3.8) is 0 Å². The molecule has 0 N–H and O–H groups in total. The van der Waals surface area contributed by atoms with E-state index in [1.54, 1.807) is 4.90 Å². The van der Waals surface area contributed by atoms with E-state index in [1.165, 1.54) is 12.0 Å². The number of benzene rings is 1. The van der Waals surface area contributed by atoms with Crippen molar-refractivity contribution in [2.75, 3.05) is 20.6 Å². The zero-order valence-corrected chi connectivity index (χ0v) is 13.9. The molecule has 0 unspecified atom stereocenters. The van der Waals surface area contributed by atoms with Gasteiger partial charge < -0.3 is 4.90 Å². The van der Waals surface area contributed by atoms with Crippen molar-refractivity contribution in [2.45, 2.75) is 43.7 Å². The molecule has 5 nitrogen and oxygen atoms in total. The van der Waals surface area contributed by atoms with Crippen molar-refractivity contribution < 1.29 is 4.79 Å². The van der Waals surface area contributed by atoms with Crippen LogP contribution in [0.15, 0.2) is 35.5 Å². The molecule has 2 saturated carbocycles. The minimum absolute atomic E-state index is 0.0487. The monoisotopic (exact) mass is 315 g/mol. The van der Waals surface area contributed by atoms with Crippen LogP contribution in [0.25, 0.3) is 0 Å². The van der Waals surface area contributed by atoms with E-state index in [0.29, 0.717) is 12.5 Å². The number of carbonyl (C=O) groups excluding carboxylic acids is 1. The predicted molar refractivity (Wildman–Crippen MR) is 90.1 cm³/mol. The Kier molecular flexibility index (Phi) is 4.48. The summed E-state index contributed by atoms with van der Waals surface area (Å²) in [4.78, 5) is 26.7. The van der Waals surface area contributed by atoms with Crippen LogP contribution in [0.2, 0.25) is 0 Å². The third-order valence-corrected chi connectivity index (χ3v) is 5.76. The van der Waals surface area contributed by atoms with Crippen LogP contribution in [0.5, 0.6) is 0 Å². The lowest BCUT2D eigenvalue weighted by Crippen LogP contribution is -2.61. The lowest BCUT2D eigenvalue weighted by Gasteiger charge is -2.55. The number of urea groups is 1. The summed E-state index contributed by atoms with van der Waals surface area (Å²) >= 11 is 0. The summed E-state index contributed by atoms with van der Waals surface area (Å²) in [7, 11) is 4.17. The number of rotatable bonds is 5. The van der Waals surface area contributed by atoms with Crippen LogP contribution in [0.4, 0.5) is 4.79 Å². The molecule has 0 radical (unpaired) electrons. The van der Waals surface area contributed by atoms with Crippen LogP contribution in [0.3, 0.4) is 0 Å². The zero-order valence-electron chi connectivity index (χ0n) is 13.9. The lowest BCUT2D eigenvalue weighted by atomic mass is 9.66. The van der Waals surface area contributed by atoms with Gasteiger partial charge in [0.05, 0.1) is 0 Å². The largest absolute Gasteiger partial charge is 0.381 e. The Morgan fingerprint density at radius 2 is 1.87 bits per heavy atom. The standard InChI is InChI=1S/C18H25N3O2/c1-20(2)18(15-9-4-3-5-10-15)11-16(12-18)21(17(22)19-23)13-14-7-6-8-14/h3-5,9-10,14,16H,6-8,11-13H2,1-2H3. The highest BCUT2D eigenvalue weighted by Gasteiger charge is 2.50. The van der Waals surface area contributed by atoms with Gasteiger partial charge in [0.15, 0.2) is 0 Å². The topological polar surface area (TPSA) is 53.0 Å². The molecule has 2 aliphatic rings. The molecule has 3 rings (SSSR count). The van der Waals surface area contributed by atoms with Crippen LogP contribution in [0, 0.1) is 10.8 Å². The van der Waals surface area contributed by atoms with Crippen LogP contribution in [-0.4, -0.2) is 42.5 Å². The Morgan fingerprint density at radius 1 is 1.22 bits per heavy atom. The molecule has 0 atom stereocenters. The molecule has 124 valence electrons. The molecular formula is C18H25N3O2. The summed E-state index contributed by atoms with van der Waals surface area (Å²) in [5, 5.41) is 2.69. The van der Waals surface area contributed by atoms with Crippen LogP contribution < -0.4 is 0 Å². The summed E-state index contributed by atoms with van der Waals surface area (Å²) in [5.74, 6) is 0.548. The molecule has 0 bridgehead atoms. The number of nitroso groups, excluding NO2 is 1. The molecule has 23 heavy (non-hydrogen) atoms. The predicted octanol–water partition coefficient (Wildman–Crippen LogP) is 3.59. The van der Waals surface area contributed by atoms with Gasteiger partial charge in [-0.1, -0.05) is 36.8 Å². The first kappa shape index (κ1) is 16.1. The van der Waals surface area contributed by atoms with Gasteiger partial charge >= 0.3 is 6.03 Å². The molecule has 0 saturated heterocycles. The van der Waals surface area contributed by atoms with Crippen molar-refractivity contribution in [1.29, 1.82) is 0 Å². The lowest BCUT2D eigenvalue weighted by molar-refractivity contribution is -0.0218. The number of amides is 2. The van der Waals surface area contributed by atoms with E-state index < -0.39 is 6.03 Å². The molecular weight excluding hydrogens is 290 g/mol. The normalized spacial score (nSPS) is 27.2. The molecule has 2 fully saturated rings. The van der Waals surface area contributed by atoms with Gasteiger partial charge in [-0.2, -0.15) is 0 Å². The number of hydrogen-bond acceptors (Lipinski definition) is 3. The molecule has 0 aliphatic heterocycles. The molecule has 2 amide bonds. The van der Waals surface area contributed by atoms with Gasteiger partial charge in [-0.25, -0.2) is 4.79 Å². The Hall–Kier alpha value is -1.75. The third kappa shape index (κ3) is 2.90. The average molecular weight is 315 g/mol. The SMILES string of the molecule is CN(C)C1(c2ccccc2)CC(N(CC2CCC2)C(=O)N=O)C1. The maximum absolute atomic E-state index is 12.0. The van der Waals surface area contributed by atoms with Crippen molar-refractivity contribution in [1.82, 2.24) is 9.80 Å². The van der Waals surface area contributed by atoms with Crippen molar-refractivity contribution in [3.05, 3.63) is 40.8 Å². The van der Waals surface area contributed by atoms with Crippen molar-refractivity contribution in [2.24, 2.45) is 11.1 Å². The zero-order chi connectivity index (χ0) is 16.4. The fourth-order valence-electron chi connectivity index (χ4n) is 3.94. The molecule has 0 spiro atoms. The molecule has 0 aromatic heterocycles. The van der Waals surface area contributed by atoms with Gasteiger partial charge in [-0.15, -0.1) is 4.91 Å². The summed E-state index contributed by atoms with van der Waals surface area (Å²) in [5.41, 5.74) is 1.23. The van der Waals surface area contributed by atoms with Crippen LogP contribution >= 0.6 is 0 Å². The first-order chi connectivity index (χ1) is 11.1. The van der Waals surface area contributed by atoms with Gasteiger partial charge in [0.25, 0.3) is 0 Å². The maximum atomic E-state index is 12.0. The molecule has 0 heterocycles. The molecule has 2 aliphatic carbocycles. The number of hydrogen-bond donors (Lipinski definition) is 0. The van der Waals surface area contributed by atoms with Crippen LogP contribution in [-0.2, 0) is 5.54 Å². The fourth-order valence-corrected chi connectivity index (χ4v) is 3.94. The Balaban J connectivity index is 1.75. The van der Waals surface area contributed by atoms with E-state index in [9.17, 15) is 9.70 Å². The van der Waals surface area contributed by atoms with Gasteiger partial charge in [0.1, 0.15) is 0 Å². The summed E-state index contributed by atoms with van der Waals surface area (Å²) in [6, 6.07) is 9.94. The van der Waals surface area contributed by atoms with Crippen molar-refractivity contribution >= 4 is 6.03 Å². The summed E-state index contributed by atoms with van der Waals surface area (Å²) in [6.45, 7) is 0.688. The van der Waals surface area contributed by atoms with E-state index in [2.05, 4.69) is 48.4 Å². The van der Waals surface area contributed by atoms with Gasteiger partial charge in [0.2, 0.25) is 0 Å². The van der Waals surface area contributed by atoms with Gasteiger partial charge in [0, 0.05) is 23.3 Å². The highest BCUT2D eigenvalue weighted by atomic mass is 16.3. The summed E-state index contributed by atoms with van der Waals surface area (Å²) < 4.78 is 0. The number of carbonyl (C=O) groups is 1. The minimum atomic E-state index is -0.595. The molecule has 1 aromatic rings. The second-order valence-electron chi connectivity index (χ2n) is 7.18. The van der Waals surface area contributed by atoms with E-state index in [4.69, 9.17) is 0 Å². The van der Waals surface area contributed by atoms with E-state index >= 15 is 0 Å². The van der Waals surface area contributed by atoms with E-state index in [1.807, 2.05) is 6.07 Å². The number of nitrogens with zero attached hydrogens (tertiary/aromatic N) is 3. The quantitative estimate of drug-likeness (QED) is 0.780. The maximum Gasteiger partial charge on any atom is 0.381 e. The Labute approximate surface area is 137 Å².